The highest BCUT2D eigenvalue weighted by Gasteiger charge is 2.58. The first-order valence-electron chi connectivity index (χ1n) is 17.2. The predicted octanol–water partition coefficient (Wildman–Crippen LogP) is 0.517. The average molecular weight is 702 g/mol. The van der Waals surface area contributed by atoms with Crippen LogP contribution in [0.15, 0.2) is 12.2 Å². The highest BCUT2D eigenvalue weighted by atomic mass is 16.7. The molecule has 0 aromatic rings. The van der Waals surface area contributed by atoms with E-state index < -0.39 is 29.6 Å². The molecule has 51 heavy (non-hydrogen) atoms. The minimum Gasteiger partial charge on any atom is -0.331 e. The van der Waals surface area contributed by atoms with Crippen molar-refractivity contribution in [1.29, 1.82) is 0 Å². The highest BCUT2D eigenvalue weighted by molar-refractivity contribution is 6.06. The number of hydroxylamine groups is 2. The predicted molar refractivity (Wildman–Crippen MR) is 180 cm³/mol. The lowest BCUT2D eigenvalue weighted by atomic mass is 9.85. The molecule has 2 bridgehead atoms. The number of imide groups is 2. The second-order valence-corrected chi connectivity index (χ2v) is 13.0. The van der Waals surface area contributed by atoms with Crippen molar-refractivity contribution in [3.63, 3.8) is 0 Å². The van der Waals surface area contributed by atoms with Gasteiger partial charge in [0.15, 0.2) is 0 Å². The van der Waals surface area contributed by atoms with Crippen LogP contribution in [0.2, 0.25) is 0 Å². The molecule has 1 saturated carbocycles. The summed E-state index contributed by atoms with van der Waals surface area (Å²) in [5.41, 5.74) is 0. The van der Waals surface area contributed by atoms with Crippen LogP contribution in [0.25, 0.3) is 0 Å². The number of hydrogen-bond acceptors (Lipinski definition) is 9. The molecule has 0 aromatic heterocycles. The zero-order valence-corrected chi connectivity index (χ0v) is 28.6. The second kappa shape index (κ2) is 18.0. The molecule has 4 rings (SSSR count). The van der Waals surface area contributed by atoms with Crippen LogP contribution >= 0.6 is 0 Å². The topological polar surface area (TPSA) is 162 Å². The lowest BCUT2D eigenvalue weighted by Gasteiger charge is -2.25. The summed E-state index contributed by atoms with van der Waals surface area (Å²) >= 11 is 0. The number of hydrogen-bond donors (Lipinski definition) is 0. The smallest absolute Gasteiger partial charge is 0.331 e. The summed E-state index contributed by atoms with van der Waals surface area (Å²) < 4.78 is 0. The molecule has 4 aliphatic rings. The van der Waals surface area contributed by atoms with Crippen LogP contribution in [-0.2, 0) is 43.2 Å². The molecule has 2 saturated heterocycles. The molecule has 0 N–H and O–H groups in total. The van der Waals surface area contributed by atoms with Crippen molar-refractivity contribution < 1.29 is 43.2 Å². The zero-order valence-electron chi connectivity index (χ0n) is 28.6. The molecule has 0 radical (unpaired) electrons. The van der Waals surface area contributed by atoms with Crippen LogP contribution in [-0.4, -0.2) is 118 Å². The Labute approximate surface area is 297 Å². The molecule has 0 unspecified atom stereocenters. The molecule has 0 aromatic carbocycles. The lowest BCUT2D eigenvalue weighted by molar-refractivity contribution is -0.197. The zero-order chi connectivity index (χ0) is 37.1. The molecule has 270 valence electrons. The van der Waals surface area contributed by atoms with Gasteiger partial charge in [-0.25, -0.2) is 4.79 Å². The third-order valence-corrected chi connectivity index (χ3v) is 9.71. The van der Waals surface area contributed by atoms with Crippen molar-refractivity contribution in [2.45, 2.75) is 64.2 Å². The van der Waals surface area contributed by atoms with Gasteiger partial charge in [0, 0.05) is 58.3 Å². The van der Waals surface area contributed by atoms with Gasteiger partial charge in [-0.15, -0.1) is 24.3 Å². The number of unbranched alkanes of at least 4 members (excludes halogenated alkanes) is 2. The van der Waals surface area contributed by atoms with Gasteiger partial charge in [0.2, 0.25) is 29.5 Å². The Morgan fingerprint density at radius 1 is 0.667 bits per heavy atom. The summed E-state index contributed by atoms with van der Waals surface area (Å²) in [5, 5.41) is 0.422. The lowest BCUT2D eigenvalue weighted by Crippen LogP contribution is -2.40. The third-order valence-electron chi connectivity index (χ3n) is 9.71. The van der Waals surface area contributed by atoms with Crippen molar-refractivity contribution in [3.05, 3.63) is 12.2 Å². The number of amides is 7. The van der Waals surface area contributed by atoms with E-state index in [-0.39, 0.29) is 119 Å². The Kier molecular flexibility index (Phi) is 13.5. The first-order chi connectivity index (χ1) is 24.5. The van der Waals surface area contributed by atoms with E-state index in [1.165, 1.54) is 19.6 Å². The van der Waals surface area contributed by atoms with Crippen molar-refractivity contribution in [2.24, 2.45) is 23.7 Å². The van der Waals surface area contributed by atoms with E-state index in [9.17, 15) is 38.4 Å². The van der Waals surface area contributed by atoms with Crippen molar-refractivity contribution in [2.75, 3.05) is 45.8 Å². The fraction of sp³-hybridized carbons (Fsp3) is 0.568. The van der Waals surface area contributed by atoms with E-state index in [4.69, 9.17) is 24.1 Å². The Balaban J connectivity index is 1.17. The van der Waals surface area contributed by atoms with Crippen LogP contribution in [0.1, 0.15) is 64.2 Å². The van der Waals surface area contributed by atoms with Crippen LogP contribution in [0.3, 0.4) is 0 Å². The third kappa shape index (κ3) is 9.43. The van der Waals surface area contributed by atoms with Crippen molar-refractivity contribution >= 4 is 47.3 Å². The van der Waals surface area contributed by atoms with Gasteiger partial charge < -0.3 is 19.5 Å². The molecule has 2 aliphatic heterocycles. The largest absolute Gasteiger partial charge is 0.334 e. The second-order valence-electron chi connectivity index (χ2n) is 13.0. The van der Waals surface area contributed by atoms with E-state index in [0.29, 0.717) is 30.9 Å². The number of fused-ring (bicyclic) bond motifs is 5. The van der Waals surface area contributed by atoms with Gasteiger partial charge in [-0.3, -0.25) is 38.5 Å². The number of nitrogens with zero attached hydrogens (tertiary/aromatic N) is 5. The summed E-state index contributed by atoms with van der Waals surface area (Å²) in [6.07, 6.45) is 22.6. The van der Waals surface area contributed by atoms with Gasteiger partial charge in [0.25, 0.3) is 11.8 Å². The van der Waals surface area contributed by atoms with Gasteiger partial charge in [-0.2, -0.15) is 0 Å². The summed E-state index contributed by atoms with van der Waals surface area (Å²) in [4.78, 5) is 110. The summed E-state index contributed by atoms with van der Waals surface area (Å²) in [7, 11) is 0. The van der Waals surface area contributed by atoms with Gasteiger partial charge >= 0.3 is 5.97 Å². The average Bonchev–Trinajstić information content (AvgIpc) is 3.87. The monoisotopic (exact) mass is 701 g/mol. The Hall–Kier alpha value is -5.42. The summed E-state index contributed by atoms with van der Waals surface area (Å²) in [6.45, 7) is -0.0272. The molecular weight excluding hydrogens is 658 g/mol. The molecule has 14 nitrogen and oxygen atoms in total. The molecule has 4 atom stereocenters. The highest BCUT2D eigenvalue weighted by Crippen LogP contribution is 2.52. The first kappa shape index (κ1) is 38.4. The summed E-state index contributed by atoms with van der Waals surface area (Å²) in [6, 6.07) is 0. The Morgan fingerprint density at radius 3 is 1.59 bits per heavy atom. The van der Waals surface area contributed by atoms with E-state index >= 15 is 0 Å². The molecule has 2 aliphatic carbocycles. The fourth-order valence-electron chi connectivity index (χ4n) is 7.08. The van der Waals surface area contributed by atoms with Crippen LogP contribution < -0.4 is 0 Å². The minimum atomic E-state index is -0.884. The van der Waals surface area contributed by atoms with Crippen LogP contribution in [0.4, 0.5) is 0 Å². The van der Waals surface area contributed by atoms with Crippen LogP contribution in [0, 0.1) is 60.7 Å². The van der Waals surface area contributed by atoms with Gasteiger partial charge in [0.1, 0.15) is 0 Å². The Bertz CT molecular complexity index is 1540. The number of carbonyl (C=O) groups excluding carboxylic acids is 8. The van der Waals surface area contributed by atoms with E-state index in [0.717, 1.165) is 6.42 Å². The maximum Gasteiger partial charge on any atom is 0.334 e. The molecule has 7 amide bonds. The number of carbonyl (C=O) groups is 8. The number of allylic oxidation sites excluding steroid dienone is 2. The van der Waals surface area contributed by atoms with E-state index in [2.05, 4.69) is 29.9 Å². The standard InChI is InChI=1S/C37H43N5O9/c1-4-18-38(28(43)10-8-7-9-21-41-36(49)34-26-11-12-27(25-26)35(34)37(41)50)22-15-29(44)39(19-5-2)23-16-30(45)40(20-6-3)24-17-33(48)51-42-31(46)13-14-32(42)47/h1-3,11-12,26-27,34-35H,7-10,13-25H2/t26-,27+,34+,35-. The molecular formula is C37H43N5O9. The quantitative estimate of drug-likeness (QED) is 0.0809. The summed E-state index contributed by atoms with van der Waals surface area (Å²) in [5.74, 6) is 3.69. The SMILES string of the molecule is C#CCN(CCC(=O)ON1C(=O)CCC1=O)C(=O)CCN(CC#C)C(=O)CCN(CC#C)C(=O)CCCCCN1C(=O)[C@@H]2[C@H](C1=O)[C@H]1C=C[C@@H]2C1. The molecule has 0 spiro atoms. The molecule has 2 heterocycles. The van der Waals surface area contributed by atoms with Crippen LogP contribution in [0.5, 0.6) is 0 Å². The van der Waals surface area contributed by atoms with Gasteiger partial charge in [-0.1, -0.05) is 36.3 Å². The van der Waals surface area contributed by atoms with E-state index in [1.807, 2.05) is 0 Å². The maximum absolute atomic E-state index is 13.1. The van der Waals surface area contributed by atoms with Crippen molar-refractivity contribution in [3.8, 4) is 37.0 Å². The normalized spacial score (nSPS) is 21.3. The number of terminal acetylenes is 3. The first-order valence-corrected chi connectivity index (χ1v) is 17.2. The van der Waals surface area contributed by atoms with Crippen molar-refractivity contribution in [1.82, 2.24) is 24.7 Å². The van der Waals surface area contributed by atoms with Gasteiger partial charge in [0.05, 0.1) is 37.9 Å². The van der Waals surface area contributed by atoms with E-state index in [1.54, 1.807) is 0 Å². The number of likely N-dealkylation sites (tertiary alicyclic amines) is 1. The minimum absolute atomic E-state index is 0.000765. The number of rotatable bonds is 19. The van der Waals surface area contributed by atoms with Gasteiger partial charge in [-0.05, 0) is 31.1 Å². The maximum atomic E-state index is 13.1. The fourth-order valence-corrected chi connectivity index (χ4v) is 7.08. The molecule has 3 fully saturated rings. The molecule has 14 heteroatoms. The Morgan fingerprint density at radius 2 is 1.12 bits per heavy atom.